The summed E-state index contributed by atoms with van der Waals surface area (Å²) >= 11 is 1.49. The van der Waals surface area contributed by atoms with Crippen LogP contribution in [-0.4, -0.2) is 40.0 Å². The van der Waals surface area contributed by atoms with Crippen LogP contribution in [0.4, 0.5) is 5.95 Å². The SMILES string of the molecule is CSc1nc2n(n1)C(c1ccc3c(c1)OCCCO3)C1=C(CC(c3ccc(C(C)C)cc3)CC1=O)N2. The number of ether oxygens (including phenoxy) is 2. The highest BCUT2D eigenvalue weighted by Gasteiger charge is 2.40. The minimum Gasteiger partial charge on any atom is -0.490 e. The molecule has 2 atom stereocenters. The van der Waals surface area contributed by atoms with E-state index in [0.29, 0.717) is 42.4 Å². The molecule has 0 saturated heterocycles. The van der Waals surface area contributed by atoms with Crippen molar-refractivity contribution in [3.05, 3.63) is 70.4 Å². The molecule has 3 heterocycles. The fraction of sp³-hybridized carbons (Fsp3) is 0.393. The molecule has 2 aliphatic heterocycles. The Hall–Kier alpha value is -3.26. The average Bonchev–Trinajstić information content (AvgIpc) is 3.15. The van der Waals surface area contributed by atoms with Crippen LogP contribution < -0.4 is 14.8 Å². The standard InChI is InChI=1S/C28H30N4O3S/c1-16(2)17-5-7-18(8-6-17)20-13-21-25(22(33)14-20)26(32-27(29-21)30-28(31-32)36-3)19-9-10-23-24(15-19)35-12-4-11-34-23/h5-10,15-16,20,26H,4,11-14H2,1-3H3,(H,29,30,31). The van der Waals surface area contributed by atoms with E-state index in [1.165, 1.54) is 22.9 Å². The van der Waals surface area contributed by atoms with Crippen molar-refractivity contribution in [2.75, 3.05) is 24.8 Å². The van der Waals surface area contributed by atoms with Crippen LogP contribution in [0.15, 0.2) is 58.9 Å². The van der Waals surface area contributed by atoms with Crippen LogP contribution >= 0.6 is 11.8 Å². The molecule has 3 aromatic rings. The molecule has 186 valence electrons. The zero-order chi connectivity index (χ0) is 24.8. The highest BCUT2D eigenvalue weighted by Crippen LogP contribution is 2.45. The van der Waals surface area contributed by atoms with E-state index in [4.69, 9.17) is 19.6 Å². The summed E-state index contributed by atoms with van der Waals surface area (Å²) in [7, 11) is 0. The van der Waals surface area contributed by atoms with E-state index >= 15 is 0 Å². The van der Waals surface area contributed by atoms with Gasteiger partial charge in [-0.05, 0) is 53.3 Å². The van der Waals surface area contributed by atoms with Gasteiger partial charge in [0.05, 0.1) is 13.2 Å². The van der Waals surface area contributed by atoms with Crippen LogP contribution in [-0.2, 0) is 4.79 Å². The van der Waals surface area contributed by atoms with E-state index in [2.05, 4.69) is 43.4 Å². The lowest BCUT2D eigenvalue weighted by atomic mass is 9.77. The van der Waals surface area contributed by atoms with Gasteiger partial charge >= 0.3 is 0 Å². The lowest BCUT2D eigenvalue weighted by molar-refractivity contribution is -0.116. The molecule has 6 rings (SSSR count). The van der Waals surface area contributed by atoms with Crippen molar-refractivity contribution in [3.63, 3.8) is 0 Å². The number of rotatable bonds is 4. The van der Waals surface area contributed by atoms with E-state index in [1.807, 2.05) is 29.1 Å². The predicted octanol–water partition coefficient (Wildman–Crippen LogP) is 5.70. The molecule has 0 saturated carbocycles. The van der Waals surface area contributed by atoms with Gasteiger partial charge in [-0.15, -0.1) is 5.10 Å². The molecule has 3 aliphatic rings. The number of aromatic nitrogens is 3. The number of ketones is 1. The Morgan fingerprint density at radius 2 is 1.78 bits per heavy atom. The monoisotopic (exact) mass is 502 g/mol. The molecule has 1 aromatic heterocycles. The number of carbonyl (C=O) groups is 1. The van der Waals surface area contributed by atoms with Gasteiger partial charge in [0, 0.05) is 24.1 Å². The maximum Gasteiger partial charge on any atom is 0.227 e. The first-order chi connectivity index (χ1) is 17.5. The third-order valence-corrected chi connectivity index (χ3v) is 7.78. The Morgan fingerprint density at radius 1 is 1.03 bits per heavy atom. The van der Waals surface area contributed by atoms with Crippen LogP contribution in [0, 0.1) is 0 Å². The fourth-order valence-corrected chi connectivity index (χ4v) is 5.67. The number of nitrogens with zero attached hydrogens (tertiary/aromatic N) is 3. The van der Waals surface area contributed by atoms with Crippen molar-refractivity contribution >= 4 is 23.5 Å². The molecule has 2 aromatic carbocycles. The normalized spacial score (nSPS) is 21.1. The Bertz CT molecular complexity index is 1350. The molecule has 8 heteroatoms. The number of benzene rings is 2. The summed E-state index contributed by atoms with van der Waals surface area (Å²) in [5, 5.41) is 8.87. The van der Waals surface area contributed by atoms with Gasteiger partial charge in [-0.2, -0.15) is 4.98 Å². The van der Waals surface area contributed by atoms with Crippen molar-refractivity contribution in [2.45, 2.75) is 56.1 Å². The molecule has 36 heavy (non-hydrogen) atoms. The highest BCUT2D eigenvalue weighted by atomic mass is 32.2. The molecular weight excluding hydrogens is 472 g/mol. The van der Waals surface area contributed by atoms with E-state index in [-0.39, 0.29) is 17.7 Å². The molecular formula is C28H30N4O3S. The molecule has 0 amide bonds. The van der Waals surface area contributed by atoms with Gasteiger partial charge in [-0.25, -0.2) is 4.68 Å². The smallest absolute Gasteiger partial charge is 0.227 e. The summed E-state index contributed by atoms with van der Waals surface area (Å²) in [6.07, 6.45) is 4.03. The number of Topliss-reactive ketones (excluding diaryl/α,β-unsaturated/α-hetero) is 1. The Morgan fingerprint density at radius 3 is 2.53 bits per heavy atom. The summed E-state index contributed by atoms with van der Waals surface area (Å²) in [6.45, 7) is 5.64. The summed E-state index contributed by atoms with van der Waals surface area (Å²) < 4.78 is 13.7. The first-order valence-corrected chi connectivity index (χ1v) is 13.8. The van der Waals surface area contributed by atoms with Gasteiger partial charge in [-0.3, -0.25) is 4.79 Å². The molecule has 1 aliphatic carbocycles. The number of thioether (sulfide) groups is 1. The number of carbonyl (C=O) groups excluding carboxylic acids is 1. The van der Waals surface area contributed by atoms with E-state index in [9.17, 15) is 4.79 Å². The Kier molecular flexibility index (Phi) is 5.99. The van der Waals surface area contributed by atoms with Gasteiger partial charge in [0.2, 0.25) is 11.1 Å². The third-order valence-electron chi connectivity index (χ3n) is 7.24. The minimum absolute atomic E-state index is 0.129. The third kappa shape index (κ3) is 4.07. The van der Waals surface area contributed by atoms with Crippen LogP contribution in [0.3, 0.4) is 0 Å². The van der Waals surface area contributed by atoms with Crippen LogP contribution in [0.5, 0.6) is 11.5 Å². The van der Waals surface area contributed by atoms with Crippen molar-refractivity contribution in [2.24, 2.45) is 0 Å². The van der Waals surface area contributed by atoms with E-state index < -0.39 is 0 Å². The summed E-state index contributed by atoms with van der Waals surface area (Å²) in [5.74, 6) is 2.87. The molecule has 2 unspecified atom stereocenters. The van der Waals surface area contributed by atoms with Crippen LogP contribution in [0.25, 0.3) is 0 Å². The van der Waals surface area contributed by atoms with Gasteiger partial charge in [-0.1, -0.05) is 55.9 Å². The van der Waals surface area contributed by atoms with Gasteiger partial charge in [0.25, 0.3) is 0 Å². The van der Waals surface area contributed by atoms with Crippen LogP contribution in [0.2, 0.25) is 0 Å². The zero-order valence-corrected chi connectivity index (χ0v) is 21.6. The fourth-order valence-electron chi connectivity index (χ4n) is 5.33. The van der Waals surface area contributed by atoms with Crippen molar-refractivity contribution in [3.8, 4) is 11.5 Å². The second-order valence-electron chi connectivity index (χ2n) is 9.89. The van der Waals surface area contributed by atoms with E-state index in [0.717, 1.165) is 35.4 Å². The molecule has 0 spiro atoms. The first-order valence-electron chi connectivity index (χ1n) is 12.5. The molecule has 0 radical (unpaired) electrons. The van der Waals surface area contributed by atoms with Crippen LogP contribution in [0.1, 0.15) is 67.7 Å². The second-order valence-corrected chi connectivity index (χ2v) is 10.7. The first kappa shape index (κ1) is 23.2. The minimum atomic E-state index is -0.362. The molecule has 0 bridgehead atoms. The number of allylic oxidation sites excluding steroid dienone is 2. The summed E-state index contributed by atoms with van der Waals surface area (Å²) in [6, 6.07) is 14.3. The summed E-state index contributed by atoms with van der Waals surface area (Å²) in [4.78, 5) is 18.5. The average molecular weight is 503 g/mol. The Labute approximate surface area is 215 Å². The molecule has 0 fully saturated rings. The number of anilines is 1. The van der Waals surface area contributed by atoms with Gasteiger partial charge in [0.15, 0.2) is 17.3 Å². The lowest BCUT2D eigenvalue weighted by Gasteiger charge is -2.35. The topological polar surface area (TPSA) is 78.3 Å². The Balaban J connectivity index is 1.41. The zero-order valence-electron chi connectivity index (χ0n) is 20.8. The van der Waals surface area contributed by atoms with E-state index in [1.54, 1.807) is 0 Å². The van der Waals surface area contributed by atoms with Crippen molar-refractivity contribution in [1.29, 1.82) is 0 Å². The maximum atomic E-state index is 13.8. The lowest BCUT2D eigenvalue weighted by Crippen LogP contribution is -2.33. The predicted molar refractivity (Wildman–Crippen MR) is 140 cm³/mol. The highest BCUT2D eigenvalue weighted by molar-refractivity contribution is 7.98. The van der Waals surface area contributed by atoms with Crippen molar-refractivity contribution in [1.82, 2.24) is 14.8 Å². The van der Waals surface area contributed by atoms with Gasteiger partial charge < -0.3 is 14.8 Å². The second kappa shape index (κ2) is 9.32. The van der Waals surface area contributed by atoms with Crippen molar-refractivity contribution < 1.29 is 14.3 Å². The number of fused-ring (bicyclic) bond motifs is 2. The largest absolute Gasteiger partial charge is 0.490 e. The molecule has 1 N–H and O–H groups in total. The van der Waals surface area contributed by atoms with Gasteiger partial charge in [0.1, 0.15) is 6.04 Å². The molecule has 7 nitrogen and oxygen atoms in total. The number of hydrogen-bond donors (Lipinski definition) is 1. The number of nitrogens with one attached hydrogen (secondary N) is 1. The quantitative estimate of drug-likeness (QED) is 0.459. The number of hydrogen-bond acceptors (Lipinski definition) is 7. The summed E-state index contributed by atoms with van der Waals surface area (Å²) in [5.41, 5.74) is 5.16. The maximum absolute atomic E-state index is 13.8.